The molecule has 0 aliphatic heterocycles. The van der Waals surface area contributed by atoms with Gasteiger partial charge in [0, 0.05) is 13.7 Å². The maximum Gasteiger partial charge on any atom is 0.239 e. The van der Waals surface area contributed by atoms with Crippen molar-refractivity contribution < 1.29 is 9.53 Å². The second-order valence-electron chi connectivity index (χ2n) is 4.80. The molecule has 0 spiro atoms. The lowest BCUT2D eigenvalue weighted by molar-refractivity contribution is -0.123. The molecule has 96 valence electrons. The molecule has 1 aliphatic rings. The van der Waals surface area contributed by atoms with Crippen molar-refractivity contribution in [1.82, 2.24) is 5.32 Å². The zero-order valence-electron chi connectivity index (χ0n) is 10.3. The number of methoxy groups -OCH3 is 1. The van der Waals surface area contributed by atoms with Crippen molar-refractivity contribution in [2.75, 3.05) is 20.3 Å². The van der Waals surface area contributed by atoms with E-state index in [0.717, 1.165) is 6.54 Å². The van der Waals surface area contributed by atoms with Crippen molar-refractivity contribution in [3.63, 3.8) is 0 Å². The molecule has 5 heteroatoms. The minimum atomic E-state index is -0.544. The number of amides is 1. The van der Waals surface area contributed by atoms with E-state index in [2.05, 4.69) is 19.2 Å². The summed E-state index contributed by atoms with van der Waals surface area (Å²) in [6, 6.07) is -0.544. The van der Waals surface area contributed by atoms with E-state index >= 15 is 0 Å². The summed E-state index contributed by atoms with van der Waals surface area (Å²) in [5, 5.41) is 2.91. The van der Waals surface area contributed by atoms with E-state index in [9.17, 15) is 4.79 Å². The Morgan fingerprint density at radius 1 is 1.50 bits per heavy atom. The van der Waals surface area contributed by atoms with Crippen LogP contribution in [-0.4, -0.2) is 32.2 Å². The van der Waals surface area contributed by atoms with Crippen molar-refractivity contribution in [1.29, 1.82) is 0 Å². The van der Waals surface area contributed by atoms with Crippen molar-refractivity contribution in [3.8, 4) is 0 Å². The van der Waals surface area contributed by atoms with Crippen LogP contribution in [0.4, 0.5) is 0 Å². The van der Waals surface area contributed by atoms with E-state index in [1.807, 2.05) is 0 Å². The molecule has 1 atom stereocenters. The van der Waals surface area contributed by atoms with Crippen LogP contribution in [0.1, 0.15) is 26.7 Å². The fourth-order valence-corrected chi connectivity index (χ4v) is 1.77. The van der Waals surface area contributed by atoms with E-state index in [-0.39, 0.29) is 24.9 Å². The topological polar surface area (TPSA) is 64.3 Å². The molecule has 1 saturated carbocycles. The number of nitrogens with two attached hydrogens (primary N) is 1. The number of rotatable bonds is 6. The summed E-state index contributed by atoms with van der Waals surface area (Å²) in [5.74, 6) is 0.514. The molecule has 1 amide bonds. The molecule has 0 bridgehead atoms. The Kier molecular flexibility index (Phi) is 6.30. The Morgan fingerprint density at radius 2 is 2.06 bits per heavy atom. The summed E-state index contributed by atoms with van der Waals surface area (Å²) in [6.45, 7) is 5.43. The Bertz CT molecular complexity index is 230. The molecule has 1 aliphatic carbocycles. The zero-order chi connectivity index (χ0) is 11.5. The van der Waals surface area contributed by atoms with Crippen LogP contribution in [-0.2, 0) is 9.53 Å². The molecule has 0 aromatic heterocycles. The third-order valence-electron chi connectivity index (χ3n) is 3.41. The first-order chi connectivity index (χ1) is 7.02. The lowest BCUT2D eigenvalue weighted by Crippen LogP contribution is -2.45. The normalized spacial score (nSPS) is 18.8. The lowest BCUT2D eigenvalue weighted by atomic mass is 9.92. The van der Waals surface area contributed by atoms with E-state index in [1.54, 1.807) is 7.11 Å². The number of halogens is 1. The van der Waals surface area contributed by atoms with Crippen molar-refractivity contribution in [2.24, 2.45) is 17.1 Å². The van der Waals surface area contributed by atoms with Crippen LogP contribution in [0.2, 0.25) is 0 Å². The van der Waals surface area contributed by atoms with Gasteiger partial charge < -0.3 is 15.8 Å². The average molecular weight is 251 g/mol. The van der Waals surface area contributed by atoms with Gasteiger partial charge in [-0.25, -0.2) is 0 Å². The molecule has 1 rings (SSSR count). The van der Waals surface area contributed by atoms with E-state index in [1.165, 1.54) is 12.8 Å². The van der Waals surface area contributed by atoms with E-state index in [0.29, 0.717) is 11.3 Å². The molecule has 0 heterocycles. The van der Waals surface area contributed by atoms with Crippen molar-refractivity contribution in [3.05, 3.63) is 0 Å². The van der Waals surface area contributed by atoms with Crippen LogP contribution in [0.15, 0.2) is 0 Å². The number of carbonyl (C=O) groups excluding carboxylic acids is 1. The lowest BCUT2D eigenvalue weighted by Gasteiger charge is -2.21. The van der Waals surface area contributed by atoms with Gasteiger partial charge >= 0.3 is 0 Å². The van der Waals surface area contributed by atoms with Gasteiger partial charge in [0.1, 0.15) is 6.04 Å². The molecule has 0 aromatic rings. The minimum absolute atomic E-state index is 0. The van der Waals surface area contributed by atoms with E-state index in [4.69, 9.17) is 10.5 Å². The maximum absolute atomic E-state index is 11.5. The van der Waals surface area contributed by atoms with Crippen LogP contribution < -0.4 is 11.1 Å². The first kappa shape index (κ1) is 15.7. The van der Waals surface area contributed by atoms with Gasteiger partial charge in [-0.3, -0.25) is 4.79 Å². The molecule has 0 radical (unpaired) electrons. The van der Waals surface area contributed by atoms with Gasteiger partial charge in [0.2, 0.25) is 5.91 Å². The third kappa shape index (κ3) is 3.92. The second-order valence-corrected chi connectivity index (χ2v) is 4.80. The summed E-state index contributed by atoms with van der Waals surface area (Å²) >= 11 is 0. The van der Waals surface area contributed by atoms with Gasteiger partial charge in [-0.15, -0.1) is 12.4 Å². The largest absolute Gasteiger partial charge is 0.383 e. The van der Waals surface area contributed by atoms with Gasteiger partial charge in [0.25, 0.3) is 0 Å². The summed E-state index contributed by atoms with van der Waals surface area (Å²) in [7, 11) is 1.55. The Labute approximate surface area is 104 Å². The van der Waals surface area contributed by atoms with Crippen molar-refractivity contribution >= 4 is 18.3 Å². The van der Waals surface area contributed by atoms with Crippen LogP contribution in [0.5, 0.6) is 0 Å². The average Bonchev–Trinajstić information content (AvgIpc) is 2.95. The predicted octanol–water partition coefficient (Wildman–Crippen LogP) is 0.934. The zero-order valence-corrected chi connectivity index (χ0v) is 11.1. The number of hydrogen-bond acceptors (Lipinski definition) is 3. The van der Waals surface area contributed by atoms with Crippen LogP contribution >= 0.6 is 12.4 Å². The van der Waals surface area contributed by atoms with Gasteiger partial charge in [0.05, 0.1) is 6.61 Å². The van der Waals surface area contributed by atoms with Gasteiger partial charge in [-0.2, -0.15) is 0 Å². The molecule has 3 N–H and O–H groups in total. The highest BCUT2D eigenvalue weighted by Gasteiger charge is 2.45. The molecule has 1 unspecified atom stereocenters. The molecule has 4 nitrogen and oxygen atoms in total. The molecule has 0 aromatic carbocycles. The highest BCUT2D eigenvalue weighted by molar-refractivity contribution is 5.85. The highest BCUT2D eigenvalue weighted by Crippen LogP contribution is 2.51. The molecule has 0 saturated heterocycles. The fourth-order valence-electron chi connectivity index (χ4n) is 1.77. The Morgan fingerprint density at radius 3 is 2.44 bits per heavy atom. The molecular weight excluding hydrogens is 228 g/mol. The minimum Gasteiger partial charge on any atom is -0.383 e. The van der Waals surface area contributed by atoms with E-state index < -0.39 is 6.04 Å². The number of carbonyl (C=O) groups is 1. The number of hydrogen-bond donors (Lipinski definition) is 2. The first-order valence-electron chi connectivity index (χ1n) is 5.54. The molecule has 16 heavy (non-hydrogen) atoms. The standard InChI is InChI=1S/C11H22N2O2.ClH/c1-8(2)11(4-5-11)7-13-10(14)9(12)6-15-3;/h8-9H,4-7,12H2,1-3H3,(H,13,14);1H. The maximum atomic E-state index is 11.5. The first-order valence-corrected chi connectivity index (χ1v) is 5.54. The smallest absolute Gasteiger partial charge is 0.239 e. The summed E-state index contributed by atoms with van der Waals surface area (Å²) in [5.41, 5.74) is 5.95. The Hall–Kier alpha value is -0.320. The molecular formula is C11H23ClN2O2. The Balaban J connectivity index is 0.00000225. The van der Waals surface area contributed by atoms with Gasteiger partial charge in [-0.05, 0) is 24.2 Å². The van der Waals surface area contributed by atoms with Crippen LogP contribution in [0, 0.1) is 11.3 Å². The van der Waals surface area contributed by atoms with Crippen LogP contribution in [0.3, 0.4) is 0 Å². The summed E-state index contributed by atoms with van der Waals surface area (Å²) in [6.07, 6.45) is 2.43. The SMILES string of the molecule is COCC(N)C(=O)NCC1(C(C)C)CC1.Cl. The summed E-state index contributed by atoms with van der Waals surface area (Å²) in [4.78, 5) is 11.5. The third-order valence-corrected chi connectivity index (χ3v) is 3.41. The van der Waals surface area contributed by atoms with Gasteiger partial charge in [0.15, 0.2) is 0 Å². The van der Waals surface area contributed by atoms with Gasteiger partial charge in [-0.1, -0.05) is 13.8 Å². The highest BCUT2D eigenvalue weighted by atomic mass is 35.5. The fraction of sp³-hybridized carbons (Fsp3) is 0.909. The molecule has 1 fully saturated rings. The second kappa shape index (κ2) is 6.42. The van der Waals surface area contributed by atoms with Crippen LogP contribution in [0.25, 0.3) is 0 Å². The number of nitrogens with one attached hydrogen (secondary N) is 1. The summed E-state index contributed by atoms with van der Waals surface area (Å²) < 4.78 is 4.83. The number of ether oxygens (including phenoxy) is 1. The quantitative estimate of drug-likeness (QED) is 0.737. The monoisotopic (exact) mass is 250 g/mol. The predicted molar refractivity (Wildman–Crippen MR) is 66.6 cm³/mol. The van der Waals surface area contributed by atoms with Crippen molar-refractivity contribution in [2.45, 2.75) is 32.7 Å².